The molecule has 2 amide bonds. The Labute approximate surface area is 283 Å². The van der Waals surface area contributed by atoms with Crippen LogP contribution in [0.3, 0.4) is 0 Å². The van der Waals surface area contributed by atoms with Gasteiger partial charge in [0.15, 0.2) is 15.6 Å². The van der Waals surface area contributed by atoms with Crippen molar-refractivity contribution in [3.05, 3.63) is 0 Å². The van der Waals surface area contributed by atoms with Gasteiger partial charge in [-0.3, -0.25) is 24.0 Å². The number of nitrogens with two attached hydrogens (primary N) is 1. The minimum absolute atomic E-state index is 0.0407. The fourth-order valence-corrected chi connectivity index (χ4v) is 10.0. The van der Waals surface area contributed by atoms with E-state index in [-0.39, 0.29) is 65.7 Å². The number of hydrogen-bond acceptors (Lipinski definition) is 7. The monoisotopic (exact) mass is 678 g/mol. The molecule has 3 aliphatic rings. The summed E-state index contributed by atoms with van der Waals surface area (Å²) in [6.07, 6.45) is 3.85. The van der Waals surface area contributed by atoms with Crippen LogP contribution < -0.4 is 5.73 Å². The normalized spacial score (nSPS) is 25.4. The van der Waals surface area contributed by atoms with E-state index in [9.17, 15) is 32.4 Å². The van der Waals surface area contributed by atoms with E-state index in [1.165, 1.54) is 0 Å². The van der Waals surface area contributed by atoms with E-state index in [0.717, 1.165) is 19.3 Å². The highest BCUT2D eigenvalue weighted by molar-refractivity contribution is 7.92. The maximum absolute atomic E-state index is 14.5. The maximum atomic E-state index is 14.5. The summed E-state index contributed by atoms with van der Waals surface area (Å²) in [5, 5.41) is 0. The molecule has 2 aliphatic carbocycles. The molecule has 1 aliphatic heterocycles. The number of likely N-dealkylation sites (tertiary alicyclic amines) is 1. The zero-order valence-corrected chi connectivity index (χ0v) is 31.7. The van der Waals surface area contributed by atoms with E-state index in [2.05, 4.69) is 13.8 Å². The van der Waals surface area contributed by atoms with Crippen molar-refractivity contribution in [2.24, 2.45) is 57.5 Å². The molecule has 3 fully saturated rings. The van der Waals surface area contributed by atoms with Crippen LogP contribution >= 0.6 is 0 Å². The maximum Gasteiger partial charge on any atom is 0.285 e. The molecule has 3 rings (SSSR count). The summed E-state index contributed by atoms with van der Waals surface area (Å²) in [5.41, 5.74) is 3.85. The Hall–Kier alpha value is -2.10. The molecule has 2 saturated carbocycles. The average Bonchev–Trinajstić information content (AvgIpc) is 3.17. The van der Waals surface area contributed by atoms with E-state index in [1.807, 2.05) is 41.5 Å². The molecule has 9 nitrogen and oxygen atoms in total. The number of carbonyl (C=O) groups excluding carboxylic acids is 5. The van der Waals surface area contributed by atoms with Crippen molar-refractivity contribution in [1.82, 2.24) is 4.90 Å². The van der Waals surface area contributed by atoms with Crippen molar-refractivity contribution in [3.63, 3.8) is 0 Å². The molecule has 2 unspecified atom stereocenters. The second-order valence-corrected chi connectivity index (χ2v) is 21.4. The van der Waals surface area contributed by atoms with Gasteiger partial charge in [-0.25, -0.2) is 8.42 Å². The summed E-state index contributed by atoms with van der Waals surface area (Å²) in [6.45, 7) is 21.2. The van der Waals surface area contributed by atoms with Gasteiger partial charge in [0.1, 0.15) is 5.78 Å². The average molecular weight is 679 g/mol. The van der Waals surface area contributed by atoms with Crippen LogP contribution in [0.5, 0.6) is 0 Å². The van der Waals surface area contributed by atoms with Crippen molar-refractivity contribution >= 4 is 39.0 Å². The molecule has 0 aromatic carbocycles. The Morgan fingerprint density at radius 2 is 1.51 bits per heavy atom. The van der Waals surface area contributed by atoms with E-state index < -0.39 is 55.0 Å². The third-order valence-electron chi connectivity index (χ3n) is 11.5. The zero-order valence-electron chi connectivity index (χ0n) is 30.9. The lowest BCUT2D eigenvalue weighted by molar-refractivity contribution is -0.148. The third kappa shape index (κ3) is 8.93. The first kappa shape index (κ1) is 39.3. The van der Waals surface area contributed by atoms with E-state index in [0.29, 0.717) is 25.3 Å². The Kier molecular flexibility index (Phi) is 11.4. The summed E-state index contributed by atoms with van der Waals surface area (Å²) >= 11 is 0. The zero-order chi connectivity index (χ0) is 36.1. The smallest absolute Gasteiger partial charge is 0.285 e. The first-order valence-corrected chi connectivity index (χ1v) is 19.3. The summed E-state index contributed by atoms with van der Waals surface area (Å²) in [5.74, 6) is -3.46. The van der Waals surface area contributed by atoms with Gasteiger partial charge in [-0.2, -0.15) is 0 Å². The minimum Gasteiger partial charge on any atom is -0.363 e. The lowest BCUT2D eigenvalue weighted by Crippen LogP contribution is -2.51. The fraction of sp³-hybridized carbons (Fsp3) is 0.865. The third-order valence-corrected chi connectivity index (χ3v) is 14.4. The van der Waals surface area contributed by atoms with Crippen LogP contribution in [0, 0.1) is 51.8 Å². The van der Waals surface area contributed by atoms with Crippen molar-refractivity contribution in [1.29, 1.82) is 0 Å². The summed E-state index contributed by atoms with van der Waals surface area (Å²) in [4.78, 5) is 68.8. The molecule has 0 spiro atoms. The molecule has 0 aromatic rings. The lowest BCUT2D eigenvalue weighted by Gasteiger charge is -2.38. The highest BCUT2D eigenvalue weighted by Gasteiger charge is 2.69. The topological polar surface area (TPSA) is 149 Å². The van der Waals surface area contributed by atoms with Gasteiger partial charge in [0, 0.05) is 37.6 Å². The van der Waals surface area contributed by atoms with Gasteiger partial charge in [0.05, 0.1) is 16.5 Å². The van der Waals surface area contributed by atoms with Crippen molar-refractivity contribution in [2.45, 2.75) is 138 Å². The van der Waals surface area contributed by atoms with Gasteiger partial charge < -0.3 is 10.6 Å². The molecule has 47 heavy (non-hydrogen) atoms. The molecule has 0 bridgehead atoms. The SMILES string of the molecule is CC(C)C[C@](C)(CC(=O)C[C@@H](C(=O)N1CC2[C@@H]([C@H]1C(=O)CC(CC1CCC1)C(=O)C(N)=O)C2(C)C)C(C)(C)C)CS(=O)(=O)C(C)(C)C. The molecule has 0 aromatic heterocycles. The fourth-order valence-electron chi connectivity index (χ4n) is 8.44. The summed E-state index contributed by atoms with van der Waals surface area (Å²) in [6, 6.07) is -0.727. The first-order valence-electron chi connectivity index (χ1n) is 17.6. The number of piperidine rings is 1. The number of nitrogens with zero attached hydrogens (tertiary/aromatic N) is 1. The molecule has 2 N–H and O–H groups in total. The van der Waals surface area contributed by atoms with Crippen LogP contribution in [0.25, 0.3) is 0 Å². The van der Waals surface area contributed by atoms with Crippen LogP contribution in [0.2, 0.25) is 0 Å². The summed E-state index contributed by atoms with van der Waals surface area (Å²) in [7, 11) is -3.51. The number of fused-ring (bicyclic) bond motifs is 1. The Morgan fingerprint density at radius 3 is 1.96 bits per heavy atom. The predicted octanol–water partition coefficient (Wildman–Crippen LogP) is 5.57. The van der Waals surface area contributed by atoms with Crippen molar-refractivity contribution in [2.75, 3.05) is 12.3 Å². The van der Waals surface area contributed by atoms with Crippen molar-refractivity contribution < 1.29 is 32.4 Å². The van der Waals surface area contributed by atoms with Gasteiger partial charge in [-0.15, -0.1) is 0 Å². The number of ketones is 3. The Bertz CT molecular complexity index is 1350. The van der Waals surface area contributed by atoms with Gasteiger partial charge in [-0.05, 0) is 73.5 Å². The summed E-state index contributed by atoms with van der Waals surface area (Å²) < 4.78 is 25.6. The van der Waals surface area contributed by atoms with E-state index in [1.54, 1.807) is 25.7 Å². The first-order chi connectivity index (χ1) is 21.2. The number of Topliss-reactive ketones (excluding diaryl/α,β-unsaturated/α-hetero) is 3. The number of hydrogen-bond donors (Lipinski definition) is 1. The molecule has 1 saturated heterocycles. The molecule has 268 valence electrons. The van der Waals surface area contributed by atoms with Crippen LogP contribution in [-0.4, -0.2) is 65.6 Å². The number of sulfone groups is 1. The number of carbonyl (C=O) groups is 5. The number of primary amides is 1. The largest absolute Gasteiger partial charge is 0.363 e. The van der Waals surface area contributed by atoms with E-state index in [4.69, 9.17) is 5.73 Å². The van der Waals surface area contributed by atoms with E-state index >= 15 is 0 Å². The molecule has 1 heterocycles. The standard InChI is InChI=1S/C37H62N2O7S/c1-22(2)18-37(11,21-47(45,46)35(6,7)8)19-25(40)17-26(34(3,4)5)33(44)39-20-27-29(36(27,9)10)30(39)28(41)16-24(31(42)32(38)43)15-23-13-12-14-23/h22-24,26-27,29-30H,12-21H2,1-11H3,(H2,38,43)/t24?,26-,27?,29-,30+,37+/m0/s1. The van der Waals surface area contributed by atoms with Crippen LogP contribution in [0.1, 0.15) is 128 Å². The number of amides is 2. The molecule has 10 heteroatoms. The lowest BCUT2D eigenvalue weighted by atomic mass is 9.73. The Morgan fingerprint density at radius 1 is 0.936 bits per heavy atom. The van der Waals surface area contributed by atoms with Crippen LogP contribution in [0.15, 0.2) is 0 Å². The van der Waals surface area contributed by atoms with Gasteiger partial charge in [-0.1, -0.05) is 74.7 Å². The van der Waals surface area contributed by atoms with Crippen LogP contribution in [-0.2, 0) is 33.8 Å². The molecule has 0 radical (unpaired) electrons. The van der Waals surface area contributed by atoms with Gasteiger partial charge in [0.2, 0.25) is 11.7 Å². The van der Waals surface area contributed by atoms with Crippen LogP contribution in [0.4, 0.5) is 0 Å². The molecule has 6 atom stereocenters. The second-order valence-electron chi connectivity index (χ2n) is 18.6. The predicted molar refractivity (Wildman–Crippen MR) is 184 cm³/mol. The highest BCUT2D eigenvalue weighted by Crippen LogP contribution is 2.65. The van der Waals surface area contributed by atoms with Gasteiger partial charge in [0.25, 0.3) is 5.91 Å². The highest BCUT2D eigenvalue weighted by atomic mass is 32.2. The molecular formula is C37H62N2O7S. The van der Waals surface area contributed by atoms with Crippen molar-refractivity contribution in [3.8, 4) is 0 Å². The van der Waals surface area contributed by atoms with Gasteiger partial charge >= 0.3 is 0 Å². The number of rotatable bonds is 16. The second kappa shape index (κ2) is 13.7. The quantitative estimate of drug-likeness (QED) is 0.210. The minimum atomic E-state index is -3.51. The molecular weight excluding hydrogens is 616 g/mol. The Balaban J connectivity index is 1.86.